The Kier molecular flexibility index (Phi) is 5.48. The van der Waals surface area contributed by atoms with Crippen molar-refractivity contribution in [3.05, 3.63) is 88.4 Å². The van der Waals surface area contributed by atoms with E-state index in [9.17, 15) is 14.0 Å². The van der Waals surface area contributed by atoms with E-state index in [1.807, 2.05) is 35.7 Å². The van der Waals surface area contributed by atoms with E-state index in [4.69, 9.17) is 0 Å². The van der Waals surface area contributed by atoms with Crippen molar-refractivity contribution in [2.45, 2.75) is 18.9 Å². The van der Waals surface area contributed by atoms with Gasteiger partial charge in [0.15, 0.2) is 0 Å². The van der Waals surface area contributed by atoms with Gasteiger partial charge in [-0.15, -0.1) is 11.3 Å². The summed E-state index contributed by atoms with van der Waals surface area (Å²) >= 11 is 1.50. The summed E-state index contributed by atoms with van der Waals surface area (Å²) in [5.74, 6) is -0.832. The first kappa shape index (κ1) is 19.0. The Balaban J connectivity index is 1.60. The van der Waals surface area contributed by atoms with Crippen LogP contribution in [0.3, 0.4) is 0 Å². The third-order valence-corrected chi connectivity index (χ3v) is 5.54. The molecule has 7 heteroatoms. The molecule has 4 rings (SSSR count). The fraction of sp³-hybridized carbons (Fsp3) is 0.136. The van der Waals surface area contributed by atoms with Crippen LogP contribution >= 0.6 is 11.3 Å². The van der Waals surface area contributed by atoms with Crippen molar-refractivity contribution < 1.29 is 14.0 Å². The maximum Gasteiger partial charge on any atom is 0.268 e. The molecule has 3 aromatic rings. The van der Waals surface area contributed by atoms with Crippen LogP contribution in [0.4, 0.5) is 10.1 Å². The summed E-state index contributed by atoms with van der Waals surface area (Å²) in [5, 5.41) is 10.5. The fourth-order valence-electron chi connectivity index (χ4n) is 3.13. The van der Waals surface area contributed by atoms with Crippen LogP contribution in [0.5, 0.6) is 0 Å². The van der Waals surface area contributed by atoms with Crippen molar-refractivity contribution in [2.24, 2.45) is 5.10 Å². The zero-order valence-corrected chi connectivity index (χ0v) is 16.2. The summed E-state index contributed by atoms with van der Waals surface area (Å²) in [6, 6.07) is 18.5. The van der Waals surface area contributed by atoms with Crippen molar-refractivity contribution in [3.63, 3.8) is 0 Å². The number of nitrogens with zero attached hydrogens (tertiary/aromatic N) is 2. The van der Waals surface area contributed by atoms with Crippen LogP contribution in [0.1, 0.15) is 29.3 Å². The highest BCUT2D eigenvalue weighted by atomic mass is 32.1. The predicted octanol–water partition coefficient (Wildman–Crippen LogP) is 4.28. The van der Waals surface area contributed by atoms with E-state index < -0.39 is 6.04 Å². The zero-order valence-electron chi connectivity index (χ0n) is 15.4. The maximum atomic E-state index is 13.3. The molecule has 0 aliphatic carbocycles. The molecule has 1 atom stereocenters. The molecule has 146 valence electrons. The van der Waals surface area contributed by atoms with Gasteiger partial charge in [-0.05, 0) is 41.3 Å². The number of amides is 2. The molecule has 5 nitrogen and oxygen atoms in total. The fourth-order valence-corrected chi connectivity index (χ4v) is 3.93. The SMILES string of the molecule is O=C(N[C@H](c1ccc(F)cc1)c1cccs1)C1=NN(c2ccccc2)C(=O)CC1. The zero-order chi connectivity index (χ0) is 20.2. The molecule has 2 aromatic carbocycles. The van der Waals surface area contributed by atoms with Gasteiger partial charge in [-0.3, -0.25) is 9.59 Å². The summed E-state index contributed by atoms with van der Waals surface area (Å²) in [7, 11) is 0. The lowest BCUT2D eigenvalue weighted by atomic mass is 10.0. The largest absolute Gasteiger partial charge is 0.339 e. The van der Waals surface area contributed by atoms with Crippen LogP contribution in [-0.2, 0) is 9.59 Å². The van der Waals surface area contributed by atoms with E-state index in [-0.39, 0.29) is 36.2 Å². The van der Waals surface area contributed by atoms with E-state index in [0.29, 0.717) is 5.69 Å². The molecule has 0 saturated heterocycles. The molecule has 1 aromatic heterocycles. The number of carbonyl (C=O) groups is 2. The van der Waals surface area contributed by atoms with Gasteiger partial charge in [0.05, 0.1) is 11.7 Å². The monoisotopic (exact) mass is 407 g/mol. The normalized spacial score (nSPS) is 15.0. The molecule has 2 heterocycles. The molecule has 1 N–H and O–H groups in total. The molecule has 0 fully saturated rings. The third-order valence-electron chi connectivity index (χ3n) is 4.60. The number of hydrazone groups is 1. The number of hydrogen-bond donors (Lipinski definition) is 1. The first-order valence-electron chi connectivity index (χ1n) is 9.17. The average molecular weight is 407 g/mol. The number of hydrogen-bond acceptors (Lipinski definition) is 4. The summed E-state index contributed by atoms with van der Waals surface area (Å²) in [5.41, 5.74) is 1.68. The average Bonchev–Trinajstić information content (AvgIpc) is 3.28. The Hall–Kier alpha value is -3.32. The number of thiophene rings is 1. The second-order valence-corrected chi connectivity index (χ2v) is 7.54. The van der Waals surface area contributed by atoms with Crippen LogP contribution in [0.15, 0.2) is 77.2 Å². The smallest absolute Gasteiger partial charge is 0.268 e. The number of anilines is 1. The lowest BCUT2D eigenvalue weighted by molar-refractivity contribution is -0.119. The predicted molar refractivity (Wildman–Crippen MR) is 111 cm³/mol. The lowest BCUT2D eigenvalue weighted by Gasteiger charge is -2.24. The maximum absolute atomic E-state index is 13.3. The number of rotatable bonds is 5. The second kappa shape index (κ2) is 8.36. The van der Waals surface area contributed by atoms with Gasteiger partial charge in [-0.25, -0.2) is 9.40 Å². The molecule has 1 aliphatic heterocycles. The summed E-state index contributed by atoms with van der Waals surface area (Å²) in [6.45, 7) is 0. The van der Waals surface area contributed by atoms with Crippen molar-refractivity contribution in [1.82, 2.24) is 5.32 Å². The quantitative estimate of drug-likeness (QED) is 0.686. The van der Waals surface area contributed by atoms with E-state index in [1.54, 1.807) is 24.3 Å². The van der Waals surface area contributed by atoms with Crippen LogP contribution < -0.4 is 10.3 Å². The van der Waals surface area contributed by atoms with Gasteiger partial charge in [0.25, 0.3) is 5.91 Å². The number of benzene rings is 2. The minimum atomic E-state index is -0.423. The Morgan fingerprint density at radius 1 is 1.03 bits per heavy atom. The first-order chi connectivity index (χ1) is 14.1. The topological polar surface area (TPSA) is 61.8 Å². The highest BCUT2D eigenvalue weighted by molar-refractivity contribution is 7.10. The van der Waals surface area contributed by atoms with Gasteiger partial charge >= 0.3 is 0 Å². The van der Waals surface area contributed by atoms with Crippen molar-refractivity contribution in [2.75, 3.05) is 5.01 Å². The summed E-state index contributed by atoms with van der Waals surface area (Å²) in [4.78, 5) is 26.2. The Morgan fingerprint density at radius 2 is 1.79 bits per heavy atom. The van der Waals surface area contributed by atoms with Gasteiger partial charge in [-0.2, -0.15) is 5.10 Å². The molecule has 1 aliphatic rings. The number of nitrogens with one attached hydrogen (secondary N) is 1. The summed E-state index contributed by atoms with van der Waals surface area (Å²) in [6.07, 6.45) is 0.482. The summed E-state index contributed by atoms with van der Waals surface area (Å²) < 4.78 is 13.3. The molecule has 0 radical (unpaired) electrons. The van der Waals surface area contributed by atoms with Crippen LogP contribution in [0.25, 0.3) is 0 Å². The highest BCUT2D eigenvalue weighted by Crippen LogP contribution is 2.27. The number of halogens is 1. The van der Waals surface area contributed by atoms with Gasteiger partial charge in [-0.1, -0.05) is 36.4 Å². The van der Waals surface area contributed by atoms with Gasteiger partial charge in [0.2, 0.25) is 5.91 Å². The Bertz CT molecular complexity index is 1030. The third kappa shape index (κ3) is 4.25. The first-order valence-corrected chi connectivity index (χ1v) is 10.0. The molecular weight excluding hydrogens is 389 g/mol. The number of para-hydroxylation sites is 1. The minimum Gasteiger partial charge on any atom is -0.339 e. The lowest BCUT2D eigenvalue weighted by Crippen LogP contribution is -2.40. The van der Waals surface area contributed by atoms with Crippen LogP contribution in [0.2, 0.25) is 0 Å². The molecule has 0 spiro atoms. The molecule has 29 heavy (non-hydrogen) atoms. The van der Waals surface area contributed by atoms with Crippen molar-refractivity contribution >= 4 is 34.6 Å². The standard InChI is InChI=1S/C22H18FN3O2S/c23-16-10-8-15(9-11-16)21(19-7-4-14-29-19)24-22(28)18-12-13-20(27)26(25-18)17-5-2-1-3-6-17/h1-11,14,21H,12-13H2,(H,24,28)/t21-/m1/s1. The van der Waals surface area contributed by atoms with Gasteiger partial charge < -0.3 is 5.32 Å². The second-order valence-electron chi connectivity index (χ2n) is 6.56. The van der Waals surface area contributed by atoms with E-state index in [2.05, 4.69) is 10.4 Å². The highest BCUT2D eigenvalue weighted by Gasteiger charge is 2.27. The van der Waals surface area contributed by atoms with Crippen molar-refractivity contribution in [3.8, 4) is 0 Å². The van der Waals surface area contributed by atoms with Gasteiger partial charge in [0.1, 0.15) is 11.5 Å². The molecule has 0 unspecified atom stereocenters. The van der Waals surface area contributed by atoms with Gasteiger partial charge in [0, 0.05) is 17.7 Å². The molecule has 0 bridgehead atoms. The van der Waals surface area contributed by atoms with Crippen LogP contribution in [0, 0.1) is 5.82 Å². The van der Waals surface area contributed by atoms with E-state index in [1.165, 1.54) is 28.5 Å². The Morgan fingerprint density at radius 3 is 2.48 bits per heavy atom. The molecule has 2 amide bonds. The van der Waals surface area contributed by atoms with Crippen LogP contribution in [-0.4, -0.2) is 17.5 Å². The molecular formula is C22H18FN3O2S. The van der Waals surface area contributed by atoms with Crippen molar-refractivity contribution in [1.29, 1.82) is 0 Å². The van der Waals surface area contributed by atoms with E-state index >= 15 is 0 Å². The minimum absolute atomic E-state index is 0.152. The number of carbonyl (C=O) groups excluding carboxylic acids is 2. The van der Waals surface area contributed by atoms with E-state index in [0.717, 1.165) is 10.4 Å². The molecule has 0 saturated carbocycles. The Labute approximate surface area is 171 Å².